The zero-order chi connectivity index (χ0) is 13.9. The molecule has 0 amide bonds. The molecule has 0 radical (unpaired) electrons. The number of benzene rings is 1. The lowest BCUT2D eigenvalue weighted by molar-refractivity contribution is 0.0405. The number of thioether (sulfide) groups is 1. The van der Waals surface area contributed by atoms with E-state index in [1.807, 2.05) is 36.6 Å². The second kappa shape index (κ2) is 5.46. The smallest absolute Gasteiger partial charge is 0.374 e. The predicted molar refractivity (Wildman–Crippen MR) is 75.8 cm³/mol. The van der Waals surface area contributed by atoms with Gasteiger partial charge in [0.25, 0.3) is 0 Å². The SMILES string of the molecule is CSc1ccc(C(=O)OCc2cc3ccccc3o2)o1. The number of esters is 1. The second-order valence-electron chi connectivity index (χ2n) is 4.15. The molecular formula is C15H12O4S. The highest BCUT2D eigenvalue weighted by atomic mass is 32.2. The van der Waals surface area contributed by atoms with Crippen LogP contribution < -0.4 is 0 Å². The van der Waals surface area contributed by atoms with Crippen molar-refractivity contribution in [3.8, 4) is 0 Å². The largest absolute Gasteiger partial charge is 0.457 e. The van der Waals surface area contributed by atoms with Crippen LogP contribution in [0.15, 0.2) is 56.4 Å². The minimum atomic E-state index is -0.495. The first-order valence-corrected chi connectivity index (χ1v) is 7.27. The van der Waals surface area contributed by atoms with Crippen molar-refractivity contribution in [2.75, 3.05) is 6.26 Å². The zero-order valence-electron chi connectivity index (χ0n) is 10.8. The van der Waals surface area contributed by atoms with Gasteiger partial charge in [0.15, 0.2) is 5.09 Å². The molecule has 3 rings (SSSR count). The Morgan fingerprint density at radius 3 is 2.80 bits per heavy atom. The van der Waals surface area contributed by atoms with Crippen molar-refractivity contribution < 1.29 is 18.4 Å². The van der Waals surface area contributed by atoms with Crippen LogP contribution in [0.1, 0.15) is 16.3 Å². The van der Waals surface area contributed by atoms with Gasteiger partial charge in [0.1, 0.15) is 18.0 Å². The Hall–Kier alpha value is -2.14. The summed E-state index contributed by atoms with van der Waals surface area (Å²) in [5, 5.41) is 1.67. The molecule has 0 unspecified atom stereocenters. The average molecular weight is 288 g/mol. The Balaban J connectivity index is 1.68. The van der Waals surface area contributed by atoms with Crippen LogP contribution in [0.3, 0.4) is 0 Å². The number of hydrogen-bond donors (Lipinski definition) is 0. The van der Waals surface area contributed by atoms with Crippen molar-refractivity contribution in [3.05, 3.63) is 54.0 Å². The summed E-state index contributed by atoms with van der Waals surface area (Å²) in [6.07, 6.45) is 1.88. The number of hydrogen-bond acceptors (Lipinski definition) is 5. The number of fused-ring (bicyclic) bond motifs is 1. The van der Waals surface area contributed by atoms with Gasteiger partial charge in [-0.15, -0.1) is 0 Å². The fourth-order valence-electron chi connectivity index (χ4n) is 1.86. The quantitative estimate of drug-likeness (QED) is 0.534. The number of carbonyl (C=O) groups excluding carboxylic acids is 1. The highest BCUT2D eigenvalue weighted by Gasteiger charge is 2.13. The van der Waals surface area contributed by atoms with Gasteiger partial charge in [-0.25, -0.2) is 4.79 Å². The Kier molecular flexibility index (Phi) is 3.52. The first-order chi connectivity index (χ1) is 9.76. The maximum atomic E-state index is 11.8. The number of para-hydroxylation sites is 1. The molecule has 0 aliphatic heterocycles. The van der Waals surface area contributed by atoms with Gasteiger partial charge in [-0.05, 0) is 30.5 Å². The van der Waals surface area contributed by atoms with Gasteiger partial charge in [-0.2, -0.15) is 0 Å². The molecule has 0 spiro atoms. The van der Waals surface area contributed by atoms with Crippen LogP contribution in [-0.2, 0) is 11.3 Å². The summed E-state index contributed by atoms with van der Waals surface area (Å²) in [5.41, 5.74) is 0.779. The van der Waals surface area contributed by atoms with Gasteiger partial charge in [0.2, 0.25) is 5.76 Å². The standard InChI is InChI=1S/C15H12O4S/c1-20-14-7-6-13(19-14)15(16)17-9-11-8-10-4-2-3-5-12(10)18-11/h2-8H,9H2,1H3. The Morgan fingerprint density at radius 2 is 2.05 bits per heavy atom. The molecule has 0 saturated carbocycles. The lowest BCUT2D eigenvalue weighted by Gasteiger charge is -1.99. The van der Waals surface area contributed by atoms with Crippen LogP contribution in [0, 0.1) is 0 Å². The van der Waals surface area contributed by atoms with Crippen LogP contribution in [0.2, 0.25) is 0 Å². The predicted octanol–water partition coefficient (Wildman–Crippen LogP) is 4.10. The molecule has 3 aromatic rings. The van der Waals surface area contributed by atoms with E-state index < -0.39 is 5.97 Å². The van der Waals surface area contributed by atoms with Crippen LogP contribution in [0.5, 0.6) is 0 Å². The molecule has 0 aliphatic carbocycles. The Labute approximate surface area is 119 Å². The van der Waals surface area contributed by atoms with Crippen molar-refractivity contribution >= 4 is 28.7 Å². The number of furan rings is 2. The number of carbonyl (C=O) groups is 1. The molecule has 0 atom stereocenters. The highest BCUT2D eigenvalue weighted by molar-refractivity contribution is 7.98. The topological polar surface area (TPSA) is 52.6 Å². The summed E-state index contributed by atoms with van der Waals surface area (Å²) in [6.45, 7) is 0.0861. The maximum absolute atomic E-state index is 11.8. The van der Waals surface area contributed by atoms with Gasteiger partial charge in [0.05, 0.1) is 0 Å². The summed E-state index contributed by atoms with van der Waals surface area (Å²) >= 11 is 1.43. The summed E-state index contributed by atoms with van der Waals surface area (Å²) in [5.74, 6) is 0.312. The number of ether oxygens (including phenoxy) is 1. The summed E-state index contributed by atoms with van der Waals surface area (Å²) in [6, 6.07) is 12.8. The molecule has 4 nitrogen and oxygen atoms in total. The van der Waals surface area contributed by atoms with E-state index in [1.54, 1.807) is 12.1 Å². The molecule has 5 heteroatoms. The van der Waals surface area contributed by atoms with Crippen molar-refractivity contribution in [1.29, 1.82) is 0 Å². The average Bonchev–Trinajstić information content (AvgIpc) is 3.10. The third kappa shape index (κ3) is 2.58. The molecule has 0 fully saturated rings. The minimum absolute atomic E-state index is 0.0861. The molecule has 2 aromatic heterocycles. The van der Waals surface area contributed by atoms with E-state index >= 15 is 0 Å². The van der Waals surface area contributed by atoms with E-state index in [0.717, 1.165) is 11.0 Å². The molecule has 0 aliphatic rings. The molecule has 0 N–H and O–H groups in total. The van der Waals surface area contributed by atoms with Crippen molar-refractivity contribution in [1.82, 2.24) is 0 Å². The van der Waals surface area contributed by atoms with Crippen LogP contribution in [0.4, 0.5) is 0 Å². The first-order valence-electron chi connectivity index (χ1n) is 6.04. The van der Waals surface area contributed by atoms with Crippen LogP contribution >= 0.6 is 11.8 Å². The molecule has 0 bridgehead atoms. The van der Waals surface area contributed by atoms with Crippen LogP contribution in [-0.4, -0.2) is 12.2 Å². The van der Waals surface area contributed by atoms with E-state index in [2.05, 4.69) is 0 Å². The third-order valence-corrected chi connectivity index (χ3v) is 3.43. The summed E-state index contributed by atoms with van der Waals surface area (Å²) in [7, 11) is 0. The van der Waals surface area contributed by atoms with E-state index in [4.69, 9.17) is 13.6 Å². The van der Waals surface area contributed by atoms with E-state index in [1.165, 1.54) is 11.8 Å². The summed E-state index contributed by atoms with van der Waals surface area (Å²) in [4.78, 5) is 11.8. The normalized spacial score (nSPS) is 10.8. The van der Waals surface area contributed by atoms with E-state index in [0.29, 0.717) is 10.9 Å². The maximum Gasteiger partial charge on any atom is 0.374 e. The van der Waals surface area contributed by atoms with Gasteiger partial charge >= 0.3 is 5.97 Å². The lowest BCUT2D eigenvalue weighted by Crippen LogP contribution is -2.03. The van der Waals surface area contributed by atoms with Gasteiger partial charge in [-0.3, -0.25) is 0 Å². The fourth-order valence-corrected chi connectivity index (χ4v) is 2.23. The lowest BCUT2D eigenvalue weighted by atomic mass is 10.2. The Morgan fingerprint density at radius 1 is 1.20 bits per heavy atom. The van der Waals surface area contributed by atoms with Crippen LogP contribution in [0.25, 0.3) is 11.0 Å². The number of rotatable bonds is 4. The van der Waals surface area contributed by atoms with Gasteiger partial charge in [0, 0.05) is 5.39 Å². The van der Waals surface area contributed by atoms with Gasteiger partial charge in [-0.1, -0.05) is 30.0 Å². The van der Waals surface area contributed by atoms with E-state index in [-0.39, 0.29) is 12.4 Å². The summed E-state index contributed by atoms with van der Waals surface area (Å²) < 4.78 is 16.0. The molecule has 1 aromatic carbocycles. The monoisotopic (exact) mass is 288 g/mol. The molecule has 0 saturated heterocycles. The van der Waals surface area contributed by atoms with Gasteiger partial charge < -0.3 is 13.6 Å². The van der Waals surface area contributed by atoms with Crippen molar-refractivity contribution in [2.45, 2.75) is 11.7 Å². The van der Waals surface area contributed by atoms with E-state index in [9.17, 15) is 4.79 Å². The zero-order valence-corrected chi connectivity index (χ0v) is 11.6. The minimum Gasteiger partial charge on any atom is -0.457 e. The first kappa shape index (κ1) is 12.9. The molecular weight excluding hydrogens is 276 g/mol. The molecule has 2 heterocycles. The van der Waals surface area contributed by atoms with Crippen molar-refractivity contribution in [3.63, 3.8) is 0 Å². The molecule has 20 heavy (non-hydrogen) atoms. The Bertz CT molecular complexity index is 708. The van der Waals surface area contributed by atoms with Crippen molar-refractivity contribution in [2.24, 2.45) is 0 Å². The molecule has 102 valence electrons. The highest BCUT2D eigenvalue weighted by Crippen LogP contribution is 2.21. The second-order valence-corrected chi connectivity index (χ2v) is 4.96. The third-order valence-electron chi connectivity index (χ3n) is 2.81. The fraction of sp³-hybridized carbons (Fsp3) is 0.133.